The molecule has 0 heterocycles. The summed E-state index contributed by atoms with van der Waals surface area (Å²) in [5.74, 6) is -0.0621. The second kappa shape index (κ2) is 10.3. The Bertz CT molecular complexity index is 758. The summed E-state index contributed by atoms with van der Waals surface area (Å²) in [6, 6.07) is 5.20. The summed E-state index contributed by atoms with van der Waals surface area (Å²) in [6.45, 7) is 11.4. The van der Waals surface area contributed by atoms with Gasteiger partial charge in [0.1, 0.15) is 0 Å². The van der Waals surface area contributed by atoms with Crippen molar-refractivity contribution in [1.29, 1.82) is 0 Å². The van der Waals surface area contributed by atoms with Gasteiger partial charge in [0.05, 0.1) is 10.6 Å². The number of nitrogens with one attached hydrogen (secondary N) is 1. The molecular formula is C21H35N3O3S. The van der Waals surface area contributed by atoms with E-state index in [0.29, 0.717) is 11.4 Å². The minimum Gasteiger partial charge on any atom is -0.337 e. The highest BCUT2D eigenvalue weighted by atomic mass is 32.2. The SMILES string of the molecule is CCN(CC)CCNC(=O)N(CCS(=O)(=O)c1ccc2c(c1)CCC2)C(C)C. The number of carbonyl (C=O) groups excluding carboxylic acids is 1. The van der Waals surface area contributed by atoms with Crippen LogP contribution in [0.2, 0.25) is 0 Å². The number of amides is 2. The maximum atomic E-state index is 12.8. The molecule has 28 heavy (non-hydrogen) atoms. The molecule has 7 heteroatoms. The standard InChI is InChI=1S/C21H35N3O3S/c1-5-23(6-2)13-12-22-21(25)24(17(3)4)14-15-28(26,27)20-11-10-18-8-7-9-19(18)16-20/h10-11,16-17H,5-9,12-15H2,1-4H3,(H,22,25). The normalized spacial score (nSPS) is 13.8. The van der Waals surface area contributed by atoms with Gasteiger partial charge in [0.25, 0.3) is 0 Å². The number of hydrogen-bond acceptors (Lipinski definition) is 4. The molecule has 1 N–H and O–H groups in total. The van der Waals surface area contributed by atoms with Gasteiger partial charge in [-0.2, -0.15) is 0 Å². The molecule has 2 amide bonds. The summed E-state index contributed by atoms with van der Waals surface area (Å²) >= 11 is 0. The fraction of sp³-hybridized carbons (Fsp3) is 0.667. The molecule has 158 valence electrons. The molecule has 1 aromatic rings. The van der Waals surface area contributed by atoms with Crippen molar-refractivity contribution in [3.8, 4) is 0 Å². The largest absolute Gasteiger partial charge is 0.337 e. The number of nitrogens with zero attached hydrogens (tertiary/aromatic N) is 2. The Hall–Kier alpha value is -1.60. The fourth-order valence-electron chi connectivity index (χ4n) is 3.63. The first-order chi connectivity index (χ1) is 13.3. The van der Waals surface area contributed by atoms with Crippen LogP contribution in [-0.4, -0.2) is 68.8 Å². The smallest absolute Gasteiger partial charge is 0.317 e. The molecule has 1 aliphatic rings. The van der Waals surface area contributed by atoms with Crippen LogP contribution in [0.15, 0.2) is 23.1 Å². The van der Waals surface area contributed by atoms with Gasteiger partial charge in [0, 0.05) is 25.7 Å². The van der Waals surface area contributed by atoms with Gasteiger partial charge in [-0.25, -0.2) is 13.2 Å². The van der Waals surface area contributed by atoms with Crippen LogP contribution < -0.4 is 5.32 Å². The number of benzene rings is 1. The van der Waals surface area contributed by atoms with E-state index in [1.54, 1.807) is 11.0 Å². The summed E-state index contributed by atoms with van der Waals surface area (Å²) in [4.78, 5) is 16.8. The maximum absolute atomic E-state index is 12.8. The summed E-state index contributed by atoms with van der Waals surface area (Å²) in [5.41, 5.74) is 2.41. The molecule has 0 aromatic heterocycles. The topological polar surface area (TPSA) is 69.7 Å². The van der Waals surface area contributed by atoms with Gasteiger partial charge in [-0.3, -0.25) is 0 Å². The zero-order valence-electron chi connectivity index (χ0n) is 17.7. The van der Waals surface area contributed by atoms with Crippen molar-refractivity contribution in [3.05, 3.63) is 29.3 Å². The van der Waals surface area contributed by atoms with Gasteiger partial charge >= 0.3 is 6.03 Å². The molecule has 6 nitrogen and oxygen atoms in total. The summed E-state index contributed by atoms with van der Waals surface area (Å²) in [5, 5.41) is 2.92. The average Bonchev–Trinajstić information content (AvgIpc) is 3.13. The first-order valence-electron chi connectivity index (χ1n) is 10.4. The van der Waals surface area contributed by atoms with E-state index >= 15 is 0 Å². The Labute approximate surface area is 170 Å². The van der Waals surface area contributed by atoms with Gasteiger partial charge in [-0.05, 0) is 69.5 Å². The lowest BCUT2D eigenvalue weighted by Gasteiger charge is -2.27. The predicted molar refractivity (Wildman–Crippen MR) is 114 cm³/mol. The quantitative estimate of drug-likeness (QED) is 0.645. The minimum atomic E-state index is -3.42. The van der Waals surface area contributed by atoms with E-state index in [9.17, 15) is 13.2 Å². The third kappa shape index (κ3) is 5.95. The first-order valence-corrected chi connectivity index (χ1v) is 12.0. The Morgan fingerprint density at radius 1 is 1.11 bits per heavy atom. The zero-order valence-corrected chi connectivity index (χ0v) is 18.5. The maximum Gasteiger partial charge on any atom is 0.317 e. The Morgan fingerprint density at radius 3 is 2.43 bits per heavy atom. The molecule has 0 atom stereocenters. The number of aryl methyl sites for hydroxylation is 2. The molecule has 1 aromatic carbocycles. The van der Waals surface area contributed by atoms with Gasteiger partial charge in [0.15, 0.2) is 9.84 Å². The summed E-state index contributed by atoms with van der Waals surface area (Å²) < 4.78 is 25.6. The van der Waals surface area contributed by atoms with Crippen LogP contribution in [0, 0.1) is 0 Å². The van der Waals surface area contributed by atoms with Crippen molar-refractivity contribution in [2.24, 2.45) is 0 Å². The highest BCUT2D eigenvalue weighted by molar-refractivity contribution is 7.91. The van der Waals surface area contributed by atoms with E-state index < -0.39 is 9.84 Å². The third-order valence-electron chi connectivity index (χ3n) is 5.51. The molecule has 0 saturated carbocycles. The van der Waals surface area contributed by atoms with Gasteiger partial charge in [-0.1, -0.05) is 19.9 Å². The average molecular weight is 410 g/mol. The fourth-order valence-corrected chi connectivity index (χ4v) is 4.90. The van der Waals surface area contributed by atoms with Crippen LogP contribution >= 0.6 is 0 Å². The lowest BCUT2D eigenvalue weighted by molar-refractivity contribution is 0.185. The van der Waals surface area contributed by atoms with Crippen LogP contribution in [-0.2, 0) is 22.7 Å². The summed E-state index contributed by atoms with van der Waals surface area (Å²) in [7, 11) is -3.42. The summed E-state index contributed by atoms with van der Waals surface area (Å²) in [6.07, 6.45) is 3.07. The van der Waals surface area contributed by atoms with Crippen molar-refractivity contribution in [2.45, 2.75) is 57.9 Å². The van der Waals surface area contributed by atoms with Crippen LogP contribution in [0.25, 0.3) is 0 Å². The predicted octanol–water partition coefficient (Wildman–Crippen LogP) is 2.71. The number of sulfone groups is 1. The molecule has 0 fully saturated rings. The van der Waals surface area contributed by atoms with E-state index in [0.717, 1.165) is 44.5 Å². The second-order valence-electron chi connectivity index (χ2n) is 7.65. The zero-order chi connectivity index (χ0) is 20.7. The molecule has 0 aliphatic heterocycles. The molecule has 0 unspecified atom stereocenters. The number of fused-ring (bicyclic) bond motifs is 1. The van der Waals surface area contributed by atoms with E-state index in [-0.39, 0.29) is 24.4 Å². The van der Waals surface area contributed by atoms with Crippen molar-refractivity contribution < 1.29 is 13.2 Å². The van der Waals surface area contributed by atoms with Gasteiger partial charge in [0.2, 0.25) is 0 Å². The first kappa shape index (κ1) is 22.7. The molecule has 1 aliphatic carbocycles. The van der Waals surface area contributed by atoms with E-state index in [4.69, 9.17) is 0 Å². The Morgan fingerprint density at radius 2 is 1.79 bits per heavy atom. The lowest BCUT2D eigenvalue weighted by Crippen LogP contribution is -2.47. The van der Waals surface area contributed by atoms with Gasteiger partial charge in [-0.15, -0.1) is 0 Å². The number of rotatable bonds is 10. The van der Waals surface area contributed by atoms with Gasteiger partial charge < -0.3 is 15.1 Å². The Kier molecular flexibility index (Phi) is 8.31. The molecular weight excluding hydrogens is 374 g/mol. The number of hydrogen-bond donors (Lipinski definition) is 1. The van der Waals surface area contributed by atoms with Crippen LogP contribution in [0.1, 0.15) is 45.2 Å². The van der Waals surface area contributed by atoms with E-state index in [1.807, 2.05) is 26.0 Å². The molecule has 0 bridgehead atoms. The second-order valence-corrected chi connectivity index (χ2v) is 9.76. The number of likely N-dealkylation sites (N-methyl/N-ethyl adjacent to an activating group) is 1. The van der Waals surface area contributed by atoms with Crippen molar-refractivity contribution in [3.63, 3.8) is 0 Å². The van der Waals surface area contributed by atoms with Crippen molar-refractivity contribution in [1.82, 2.24) is 15.1 Å². The van der Waals surface area contributed by atoms with Crippen LogP contribution in [0.3, 0.4) is 0 Å². The van der Waals surface area contributed by atoms with E-state index in [1.165, 1.54) is 5.56 Å². The lowest BCUT2D eigenvalue weighted by atomic mass is 10.1. The van der Waals surface area contributed by atoms with Crippen molar-refractivity contribution >= 4 is 15.9 Å². The van der Waals surface area contributed by atoms with Crippen LogP contribution in [0.4, 0.5) is 4.79 Å². The van der Waals surface area contributed by atoms with Crippen LogP contribution in [0.5, 0.6) is 0 Å². The highest BCUT2D eigenvalue weighted by Gasteiger charge is 2.23. The number of carbonyl (C=O) groups is 1. The molecule has 0 spiro atoms. The molecule has 0 saturated heterocycles. The van der Waals surface area contributed by atoms with E-state index in [2.05, 4.69) is 24.1 Å². The Balaban J connectivity index is 1.95. The highest BCUT2D eigenvalue weighted by Crippen LogP contribution is 2.25. The monoisotopic (exact) mass is 409 g/mol. The van der Waals surface area contributed by atoms with Crippen molar-refractivity contribution in [2.75, 3.05) is 38.5 Å². The third-order valence-corrected chi connectivity index (χ3v) is 7.21. The number of urea groups is 1. The molecule has 0 radical (unpaired) electrons. The molecule has 2 rings (SSSR count). The minimum absolute atomic E-state index is 0.0621.